The standard InChI is InChI=1S/C10H13N3OS/c1-11-6-8-9-7-2-5-15-10(7)12-13(9)3-4-14-8/h2,5,8,11H,3-4,6H2,1H3/t8-/m1/s1. The second-order valence-electron chi connectivity index (χ2n) is 3.66. The highest BCUT2D eigenvalue weighted by Crippen LogP contribution is 2.31. The third kappa shape index (κ3) is 1.39. The summed E-state index contributed by atoms with van der Waals surface area (Å²) in [4.78, 5) is 1.12. The molecular formula is C10H13N3OS. The Kier molecular flexibility index (Phi) is 2.23. The van der Waals surface area contributed by atoms with E-state index in [1.165, 1.54) is 11.1 Å². The van der Waals surface area contributed by atoms with E-state index in [1.54, 1.807) is 11.3 Å². The van der Waals surface area contributed by atoms with E-state index in [0.29, 0.717) is 0 Å². The summed E-state index contributed by atoms with van der Waals surface area (Å²) in [5.74, 6) is 0. The van der Waals surface area contributed by atoms with E-state index >= 15 is 0 Å². The third-order valence-electron chi connectivity index (χ3n) is 2.73. The van der Waals surface area contributed by atoms with Crippen LogP contribution in [0.2, 0.25) is 0 Å². The predicted octanol–water partition coefficient (Wildman–Crippen LogP) is 1.39. The maximum absolute atomic E-state index is 5.76. The first-order chi connectivity index (χ1) is 7.40. The van der Waals surface area contributed by atoms with Crippen LogP contribution in [-0.2, 0) is 11.3 Å². The van der Waals surface area contributed by atoms with Gasteiger partial charge in [-0.1, -0.05) is 0 Å². The molecule has 0 unspecified atom stereocenters. The highest BCUT2D eigenvalue weighted by atomic mass is 32.1. The lowest BCUT2D eigenvalue weighted by Gasteiger charge is -2.24. The fourth-order valence-corrected chi connectivity index (χ4v) is 2.87. The number of aromatic nitrogens is 2. The Hall–Kier alpha value is -0.910. The van der Waals surface area contributed by atoms with Gasteiger partial charge in [-0.05, 0) is 18.5 Å². The van der Waals surface area contributed by atoms with Gasteiger partial charge in [0.1, 0.15) is 10.9 Å². The van der Waals surface area contributed by atoms with E-state index < -0.39 is 0 Å². The van der Waals surface area contributed by atoms with Gasteiger partial charge in [0.25, 0.3) is 0 Å². The van der Waals surface area contributed by atoms with Gasteiger partial charge in [-0.3, -0.25) is 4.68 Å². The van der Waals surface area contributed by atoms with E-state index in [1.807, 2.05) is 7.05 Å². The Balaban J connectivity index is 2.13. The van der Waals surface area contributed by atoms with Crippen molar-refractivity contribution in [1.82, 2.24) is 15.1 Å². The largest absolute Gasteiger partial charge is 0.369 e. The van der Waals surface area contributed by atoms with Gasteiger partial charge in [-0.2, -0.15) is 5.10 Å². The molecule has 5 heteroatoms. The second-order valence-corrected chi connectivity index (χ2v) is 4.56. The molecule has 0 aliphatic carbocycles. The zero-order valence-corrected chi connectivity index (χ0v) is 9.38. The van der Waals surface area contributed by atoms with Gasteiger partial charge in [-0.15, -0.1) is 11.3 Å². The molecule has 0 fully saturated rings. The average molecular weight is 223 g/mol. The highest BCUT2D eigenvalue weighted by Gasteiger charge is 2.25. The van der Waals surface area contributed by atoms with Gasteiger partial charge in [0, 0.05) is 11.9 Å². The minimum atomic E-state index is 0.142. The summed E-state index contributed by atoms with van der Waals surface area (Å²) in [7, 11) is 1.95. The topological polar surface area (TPSA) is 39.1 Å². The monoisotopic (exact) mass is 223 g/mol. The Morgan fingerprint density at radius 1 is 1.73 bits per heavy atom. The molecule has 0 saturated heterocycles. The molecule has 1 atom stereocenters. The molecule has 0 aromatic carbocycles. The fraction of sp³-hybridized carbons (Fsp3) is 0.500. The Bertz CT molecular complexity index is 476. The quantitative estimate of drug-likeness (QED) is 0.836. The van der Waals surface area contributed by atoms with Crippen molar-refractivity contribution in [3.05, 3.63) is 17.1 Å². The predicted molar refractivity (Wildman–Crippen MR) is 60.2 cm³/mol. The lowest BCUT2D eigenvalue weighted by Crippen LogP contribution is -2.28. The van der Waals surface area contributed by atoms with Crippen LogP contribution in [0.1, 0.15) is 11.8 Å². The van der Waals surface area contributed by atoms with E-state index in [2.05, 4.69) is 26.5 Å². The van der Waals surface area contributed by atoms with Gasteiger partial charge in [0.05, 0.1) is 18.8 Å². The molecule has 2 aromatic rings. The molecule has 0 saturated carbocycles. The average Bonchev–Trinajstić information content (AvgIpc) is 2.77. The summed E-state index contributed by atoms with van der Waals surface area (Å²) >= 11 is 1.69. The molecule has 1 N–H and O–H groups in total. The van der Waals surface area contributed by atoms with Gasteiger partial charge in [0.15, 0.2) is 0 Å². The molecule has 2 aromatic heterocycles. The number of ether oxygens (including phenoxy) is 1. The Morgan fingerprint density at radius 2 is 2.67 bits per heavy atom. The van der Waals surface area contributed by atoms with Gasteiger partial charge in [0.2, 0.25) is 0 Å². The Labute approximate surface area is 91.8 Å². The van der Waals surface area contributed by atoms with Crippen molar-refractivity contribution in [3.8, 4) is 0 Å². The normalized spacial score (nSPS) is 20.7. The molecule has 0 spiro atoms. The zero-order chi connectivity index (χ0) is 10.3. The molecule has 3 heterocycles. The number of thiophene rings is 1. The molecule has 15 heavy (non-hydrogen) atoms. The van der Waals surface area contributed by atoms with Crippen LogP contribution < -0.4 is 5.32 Å². The minimum Gasteiger partial charge on any atom is -0.369 e. The highest BCUT2D eigenvalue weighted by molar-refractivity contribution is 7.16. The summed E-state index contributed by atoms with van der Waals surface area (Å²) in [6.07, 6.45) is 0.142. The van der Waals surface area contributed by atoms with E-state index in [4.69, 9.17) is 4.74 Å². The van der Waals surface area contributed by atoms with Crippen LogP contribution >= 0.6 is 11.3 Å². The van der Waals surface area contributed by atoms with Crippen molar-refractivity contribution >= 4 is 21.6 Å². The van der Waals surface area contributed by atoms with Gasteiger partial charge < -0.3 is 10.1 Å². The van der Waals surface area contributed by atoms with E-state index in [-0.39, 0.29) is 6.10 Å². The summed E-state index contributed by atoms with van der Waals surface area (Å²) in [6, 6.07) is 2.14. The maximum atomic E-state index is 5.76. The summed E-state index contributed by atoms with van der Waals surface area (Å²) in [5, 5.41) is 11.1. The number of nitrogens with one attached hydrogen (secondary N) is 1. The van der Waals surface area contributed by atoms with Crippen molar-refractivity contribution < 1.29 is 4.74 Å². The molecular weight excluding hydrogens is 210 g/mol. The number of fused-ring (bicyclic) bond motifs is 3. The van der Waals surface area contributed by atoms with Crippen molar-refractivity contribution in [2.24, 2.45) is 0 Å². The lowest BCUT2D eigenvalue weighted by molar-refractivity contribution is 0.0195. The second kappa shape index (κ2) is 3.59. The zero-order valence-electron chi connectivity index (χ0n) is 8.56. The number of hydrogen-bond donors (Lipinski definition) is 1. The molecule has 4 nitrogen and oxygen atoms in total. The summed E-state index contributed by atoms with van der Waals surface area (Å²) in [5.41, 5.74) is 1.23. The molecule has 0 radical (unpaired) electrons. The van der Waals surface area contributed by atoms with Crippen molar-refractivity contribution in [2.75, 3.05) is 20.2 Å². The van der Waals surface area contributed by atoms with Crippen LogP contribution in [0.5, 0.6) is 0 Å². The molecule has 1 aliphatic heterocycles. The number of rotatable bonds is 2. The van der Waals surface area contributed by atoms with Crippen LogP contribution in [0.3, 0.4) is 0 Å². The fourth-order valence-electron chi connectivity index (χ4n) is 2.09. The Morgan fingerprint density at radius 3 is 3.53 bits per heavy atom. The number of likely N-dealkylation sites (N-methyl/N-ethyl adjacent to an activating group) is 1. The lowest BCUT2D eigenvalue weighted by atomic mass is 10.1. The van der Waals surface area contributed by atoms with Gasteiger partial charge in [-0.25, -0.2) is 0 Å². The molecule has 0 bridgehead atoms. The van der Waals surface area contributed by atoms with Crippen molar-refractivity contribution in [3.63, 3.8) is 0 Å². The van der Waals surface area contributed by atoms with Crippen LogP contribution in [0.15, 0.2) is 11.4 Å². The molecule has 0 amide bonds. The molecule has 80 valence electrons. The number of nitrogens with zero attached hydrogens (tertiary/aromatic N) is 2. The van der Waals surface area contributed by atoms with Crippen LogP contribution in [0.25, 0.3) is 10.2 Å². The SMILES string of the molecule is CNC[C@H]1OCCn2nc3sccc3c21. The molecule has 3 rings (SSSR count). The summed E-state index contributed by atoms with van der Waals surface area (Å²) < 4.78 is 7.85. The van der Waals surface area contributed by atoms with Crippen LogP contribution in [0.4, 0.5) is 0 Å². The number of hydrogen-bond acceptors (Lipinski definition) is 4. The first kappa shape index (κ1) is 9.33. The maximum Gasteiger partial charge on any atom is 0.145 e. The smallest absolute Gasteiger partial charge is 0.145 e. The van der Waals surface area contributed by atoms with Crippen molar-refractivity contribution in [1.29, 1.82) is 0 Å². The first-order valence-corrected chi connectivity index (χ1v) is 5.98. The van der Waals surface area contributed by atoms with E-state index in [9.17, 15) is 0 Å². The van der Waals surface area contributed by atoms with Gasteiger partial charge >= 0.3 is 0 Å². The van der Waals surface area contributed by atoms with E-state index in [0.717, 1.165) is 24.5 Å². The van der Waals surface area contributed by atoms with Crippen LogP contribution in [0, 0.1) is 0 Å². The first-order valence-electron chi connectivity index (χ1n) is 5.10. The molecule has 1 aliphatic rings. The van der Waals surface area contributed by atoms with Crippen LogP contribution in [-0.4, -0.2) is 30.0 Å². The third-order valence-corrected chi connectivity index (χ3v) is 3.52. The minimum absolute atomic E-state index is 0.142. The van der Waals surface area contributed by atoms with Crippen molar-refractivity contribution in [2.45, 2.75) is 12.6 Å². The summed E-state index contributed by atoms with van der Waals surface area (Å²) in [6.45, 7) is 2.47.